The topological polar surface area (TPSA) is 38.3 Å². The molecule has 1 N–H and O–H groups in total. The summed E-state index contributed by atoms with van der Waals surface area (Å²) in [5.74, 6) is -0.251. The zero-order valence-electron chi connectivity index (χ0n) is 11.6. The summed E-state index contributed by atoms with van der Waals surface area (Å²) in [6.45, 7) is 4.69. The fraction of sp³-hybridized carbons (Fsp3) is 0.400. The van der Waals surface area contributed by atoms with Crippen LogP contribution in [0.25, 0.3) is 0 Å². The van der Waals surface area contributed by atoms with Crippen LogP contribution in [0.5, 0.6) is 0 Å². The van der Waals surface area contributed by atoms with E-state index in [1.807, 2.05) is 25.1 Å². The van der Waals surface area contributed by atoms with Crippen LogP contribution in [0, 0.1) is 0 Å². The first-order chi connectivity index (χ1) is 9.08. The van der Waals surface area contributed by atoms with Gasteiger partial charge in [0, 0.05) is 22.6 Å². The Morgan fingerprint density at radius 1 is 1.53 bits per heavy atom. The van der Waals surface area contributed by atoms with Crippen LogP contribution >= 0.6 is 15.9 Å². The molecule has 1 atom stereocenters. The molecule has 0 radical (unpaired) electrons. The third kappa shape index (κ3) is 5.17. The van der Waals surface area contributed by atoms with Crippen molar-refractivity contribution in [3.05, 3.63) is 46.0 Å². The Kier molecular flexibility index (Phi) is 6.81. The second-order valence-corrected chi connectivity index (χ2v) is 5.18. The number of carbonyl (C=O) groups is 1. The molecule has 0 aliphatic rings. The number of carbonyl (C=O) groups excluding carboxylic acids is 1. The predicted octanol–water partition coefficient (Wildman–Crippen LogP) is 3.61. The molecule has 4 heteroatoms. The maximum absolute atomic E-state index is 11.4. The van der Waals surface area contributed by atoms with Crippen molar-refractivity contribution in [3.8, 4) is 0 Å². The van der Waals surface area contributed by atoms with E-state index < -0.39 is 0 Å². The van der Waals surface area contributed by atoms with Gasteiger partial charge < -0.3 is 10.1 Å². The van der Waals surface area contributed by atoms with Crippen LogP contribution in [-0.2, 0) is 9.53 Å². The zero-order chi connectivity index (χ0) is 14.3. The van der Waals surface area contributed by atoms with Crippen LogP contribution in [0.15, 0.2) is 40.4 Å². The number of esters is 1. The van der Waals surface area contributed by atoms with E-state index >= 15 is 0 Å². The zero-order valence-corrected chi connectivity index (χ0v) is 13.2. The van der Waals surface area contributed by atoms with Crippen LogP contribution in [0.4, 0.5) is 0 Å². The van der Waals surface area contributed by atoms with Crippen molar-refractivity contribution in [1.82, 2.24) is 5.32 Å². The first-order valence-corrected chi connectivity index (χ1v) is 7.14. The second-order valence-electron chi connectivity index (χ2n) is 4.26. The minimum Gasteiger partial charge on any atom is -0.466 e. The highest BCUT2D eigenvalue weighted by Gasteiger charge is 2.07. The first kappa shape index (κ1) is 15.9. The van der Waals surface area contributed by atoms with Gasteiger partial charge in [-0.05, 0) is 31.0 Å². The fourth-order valence-corrected chi connectivity index (χ4v) is 2.17. The van der Waals surface area contributed by atoms with Crippen molar-refractivity contribution in [3.63, 3.8) is 0 Å². The molecule has 104 valence electrons. The van der Waals surface area contributed by atoms with Crippen LogP contribution in [0.3, 0.4) is 0 Å². The molecular weight excluding hydrogens is 306 g/mol. The van der Waals surface area contributed by atoms with E-state index in [0.29, 0.717) is 18.5 Å². The SMILES string of the molecule is CC/C(=C/CN[C@@H](C)c1cccc(Br)c1)C(=O)OC. The molecule has 0 saturated carbocycles. The van der Waals surface area contributed by atoms with E-state index in [9.17, 15) is 4.79 Å². The molecule has 1 aromatic carbocycles. The van der Waals surface area contributed by atoms with Gasteiger partial charge in [-0.25, -0.2) is 4.79 Å². The molecule has 0 unspecified atom stereocenters. The molecule has 0 aliphatic carbocycles. The third-order valence-electron chi connectivity index (χ3n) is 2.95. The van der Waals surface area contributed by atoms with E-state index in [-0.39, 0.29) is 12.0 Å². The summed E-state index contributed by atoms with van der Waals surface area (Å²) in [6.07, 6.45) is 2.57. The molecule has 0 heterocycles. The minimum absolute atomic E-state index is 0.226. The molecule has 0 bridgehead atoms. The third-order valence-corrected chi connectivity index (χ3v) is 3.44. The monoisotopic (exact) mass is 325 g/mol. The Bertz CT molecular complexity index is 457. The Morgan fingerprint density at radius 2 is 2.26 bits per heavy atom. The summed E-state index contributed by atoms with van der Waals surface area (Å²) in [5.41, 5.74) is 1.91. The Labute approximate surface area is 123 Å². The molecule has 0 amide bonds. The van der Waals surface area contributed by atoms with Crippen LogP contribution in [0.1, 0.15) is 31.9 Å². The Morgan fingerprint density at radius 3 is 2.84 bits per heavy atom. The number of benzene rings is 1. The fourth-order valence-electron chi connectivity index (χ4n) is 1.76. The van der Waals surface area contributed by atoms with Crippen molar-refractivity contribution in [1.29, 1.82) is 0 Å². The Balaban J connectivity index is 2.57. The van der Waals surface area contributed by atoms with Crippen LogP contribution < -0.4 is 5.32 Å². The highest BCUT2D eigenvalue weighted by molar-refractivity contribution is 9.10. The molecule has 1 rings (SSSR count). The maximum Gasteiger partial charge on any atom is 0.333 e. The maximum atomic E-state index is 11.4. The summed E-state index contributed by atoms with van der Waals surface area (Å²) in [6, 6.07) is 8.40. The lowest BCUT2D eigenvalue weighted by Gasteiger charge is -2.13. The molecule has 0 aliphatic heterocycles. The minimum atomic E-state index is -0.251. The van der Waals surface area contributed by atoms with Gasteiger partial charge in [0.15, 0.2) is 0 Å². The van der Waals surface area contributed by atoms with Crippen molar-refractivity contribution in [2.45, 2.75) is 26.3 Å². The molecule has 1 aromatic rings. The lowest BCUT2D eigenvalue weighted by Crippen LogP contribution is -2.19. The van der Waals surface area contributed by atoms with Gasteiger partial charge in [0.2, 0.25) is 0 Å². The molecular formula is C15H20BrNO2. The normalized spacial score (nSPS) is 13.2. The first-order valence-electron chi connectivity index (χ1n) is 6.34. The highest BCUT2D eigenvalue weighted by atomic mass is 79.9. The summed E-state index contributed by atoms with van der Waals surface area (Å²) in [4.78, 5) is 11.4. The number of rotatable bonds is 6. The van der Waals surface area contributed by atoms with E-state index in [1.54, 1.807) is 0 Å². The smallest absolute Gasteiger partial charge is 0.333 e. The number of halogens is 1. The van der Waals surface area contributed by atoms with E-state index in [1.165, 1.54) is 12.7 Å². The van der Waals surface area contributed by atoms with Crippen molar-refractivity contribution >= 4 is 21.9 Å². The predicted molar refractivity (Wildman–Crippen MR) is 80.9 cm³/mol. The average molecular weight is 326 g/mol. The quantitative estimate of drug-likeness (QED) is 0.641. The lowest BCUT2D eigenvalue weighted by molar-refractivity contribution is -0.136. The Hall–Kier alpha value is -1.13. The largest absolute Gasteiger partial charge is 0.466 e. The lowest BCUT2D eigenvalue weighted by atomic mass is 10.1. The second kappa shape index (κ2) is 8.12. The van der Waals surface area contributed by atoms with Crippen LogP contribution in [0.2, 0.25) is 0 Å². The van der Waals surface area contributed by atoms with Gasteiger partial charge in [0.1, 0.15) is 0 Å². The standard InChI is InChI=1S/C15H20BrNO2/c1-4-12(15(18)19-3)8-9-17-11(2)13-6-5-7-14(16)10-13/h5-8,10-11,17H,4,9H2,1-3H3/b12-8-/t11-/m0/s1. The van der Waals surface area contributed by atoms with E-state index in [0.717, 1.165) is 4.47 Å². The molecule has 3 nitrogen and oxygen atoms in total. The molecule has 0 saturated heterocycles. The molecule has 19 heavy (non-hydrogen) atoms. The van der Waals surface area contributed by atoms with Crippen molar-refractivity contribution < 1.29 is 9.53 Å². The number of hydrogen-bond acceptors (Lipinski definition) is 3. The van der Waals surface area contributed by atoms with Gasteiger partial charge in [-0.3, -0.25) is 0 Å². The van der Waals surface area contributed by atoms with E-state index in [2.05, 4.69) is 40.3 Å². The molecule has 0 spiro atoms. The van der Waals surface area contributed by atoms with Gasteiger partial charge in [-0.15, -0.1) is 0 Å². The van der Waals surface area contributed by atoms with Gasteiger partial charge >= 0.3 is 5.97 Å². The van der Waals surface area contributed by atoms with Gasteiger partial charge in [0.05, 0.1) is 7.11 Å². The van der Waals surface area contributed by atoms with Gasteiger partial charge in [-0.1, -0.05) is 41.1 Å². The van der Waals surface area contributed by atoms with E-state index in [4.69, 9.17) is 4.74 Å². The summed E-state index contributed by atoms with van der Waals surface area (Å²) >= 11 is 3.46. The highest BCUT2D eigenvalue weighted by Crippen LogP contribution is 2.17. The van der Waals surface area contributed by atoms with Gasteiger partial charge in [0.25, 0.3) is 0 Å². The number of nitrogens with one attached hydrogen (secondary N) is 1. The number of ether oxygens (including phenoxy) is 1. The van der Waals surface area contributed by atoms with Crippen molar-refractivity contribution in [2.24, 2.45) is 0 Å². The van der Waals surface area contributed by atoms with Gasteiger partial charge in [-0.2, -0.15) is 0 Å². The van der Waals surface area contributed by atoms with Crippen LogP contribution in [-0.4, -0.2) is 19.6 Å². The number of methoxy groups -OCH3 is 1. The molecule has 0 fully saturated rings. The molecule has 0 aromatic heterocycles. The number of hydrogen-bond donors (Lipinski definition) is 1. The average Bonchev–Trinajstić information content (AvgIpc) is 2.42. The van der Waals surface area contributed by atoms with Crippen molar-refractivity contribution in [2.75, 3.05) is 13.7 Å². The summed E-state index contributed by atoms with van der Waals surface area (Å²) < 4.78 is 5.79. The summed E-state index contributed by atoms with van der Waals surface area (Å²) in [7, 11) is 1.41. The summed E-state index contributed by atoms with van der Waals surface area (Å²) in [5, 5.41) is 3.36.